The van der Waals surface area contributed by atoms with Crippen molar-refractivity contribution in [3.05, 3.63) is 30.1 Å². The van der Waals surface area contributed by atoms with Gasteiger partial charge in [0.15, 0.2) is 0 Å². The van der Waals surface area contributed by atoms with Crippen molar-refractivity contribution in [3.8, 4) is 0 Å². The van der Waals surface area contributed by atoms with Gasteiger partial charge in [-0.2, -0.15) is 0 Å². The second kappa shape index (κ2) is 5.06. The first kappa shape index (κ1) is 13.0. The second-order valence-corrected chi connectivity index (χ2v) is 5.21. The van der Waals surface area contributed by atoms with Crippen LogP contribution < -0.4 is 5.73 Å². The van der Waals surface area contributed by atoms with Crippen molar-refractivity contribution in [2.45, 2.75) is 44.7 Å². The molecule has 2 unspecified atom stereocenters. The molecule has 2 rings (SSSR count). The van der Waals surface area contributed by atoms with Crippen molar-refractivity contribution in [1.82, 2.24) is 9.88 Å². The zero-order chi connectivity index (χ0) is 13.2. The molecule has 1 saturated heterocycles. The number of nitrogens with two attached hydrogens (primary N) is 1. The van der Waals surface area contributed by atoms with Gasteiger partial charge >= 0.3 is 0 Å². The molecule has 1 aromatic heterocycles. The number of hydrogen-bond acceptors (Lipinski definition) is 3. The maximum Gasteiger partial charge on any atom is 0.242 e. The van der Waals surface area contributed by atoms with E-state index in [-0.39, 0.29) is 11.9 Å². The van der Waals surface area contributed by atoms with E-state index in [4.69, 9.17) is 5.73 Å². The third-order valence-electron chi connectivity index (χ3n) is 3.81. The molecule has 18 heavy (non-hydrogen) atoms. The lowest BCUT2D eigenvalue weighted by molar-refractivity contribution is -0.137. The number of carbonyl (C=O) groups excluding carboxylic acids is 1. The molecule has 0 aliphatic carbocycles. The molecule has 0 saturated carbocycles. The molecule has 1 aromatic rings. The predicted molar refractivity (Wildman–Crippen MR) is 70.8 cm³/mol. The Hall–Kier alpha value is -1.42. The fourth-order valence-corrected chi connectivity index (χ4v) is 2.41. The van der Waals surface area contributed by atoms with Gasteiger partial charge in [0, 0.05) is 18.9 Å². The highest BCUT2D eigenvalue weighted by atomic mass is 16.2. The largest absolute Gasteiger partial charge is 0.334 e. The summed E-state index contributed by atoms with van der Waals surface area (Å²) in [7, 11) is 0. The van der Waals surface area contributed by atoms with Crippen LogP contribution in [0.15, 0.2) is 24.5 Å². The number of likely N-dealkylation sites (tertiary alicyclic amines) is 1. The van der Waals surface area contributed by atoms with E-state index in [9.17, 15) is 4.79 Å². The van der Waals surface area contributed by atoms with Gasteiger partial charge in [-0.05, 0) is 37.8 Å². The van der Waals surface area contributed by atoms with Crippen molar-refractivity contribution in [2.24, 2.45) is 5.73 Å². The molecule has 0 bridgehead atoms. The minimum absolute atomic E-state index is 0.0522. The van der Waals surface area contributed by atoms with Crippen LogP contribution in [0.25, 0.3) is 0 Å². The smallest absolute Gasteiger partial charge is 0.242 e. The Morgan fingerprint density at radius 1 is 1.67 bits per heavy atom. The fraction of sp³-hybridized carbons (Fsp3) is 0.571. The van der Waals surface area contributed by atoms with E-state index >= 15 is 0 Å². The molecule has 1 aliphatic rings. The van der Waals surface area contributed by atoms with Crippen LogP contribution in [0.3, 0.4) is 0 Å². The van der Waals surface area contributed by atoms with Crippen LogP contribution in [0.1, 0.15) is 44.7 Å². The van der Waals surface area contributed by atoms with Gasteiger partial charge < -0.3 is 10.6 Å². The third-order valence-corrected chi connectivity index (χ3v) is 3.81. The van der Waals surface area contributed by atoms with Gasteiger partial charge in [0.1, 0.15) is 0 Å². The summed E-state index contributed by atoms with van der Waals surface area (Å²) in [5.74, 6) is 0.0522. The second-order valence-electron chi connectivity index (χ2n) is 5.21. The van der Waals surface area contributed by atoms with Crippen molar-refractivity contribution in [3.63, 3.8) is 0 Å². The maximum atomic E-state index is 12.5. The lowest BCUT2D eigenvalue weighted by Crippen LogP contribution is -2.52. The Morgan fingerprint density at radius 2 is 2.44 bits per heavy atom. The van der Waals surface area contributed by atoms with E-state index < -0.39 is 5.54 Å². The third kappa shape index (κ3) is 2.38. The van der Waals surface area contributed by atoms with Crippen LogP contribution in [0, 0.1) is 0 Å². The molecular formula is C14H21N3O. The maximum absolute atomic E-state index is 12.5. The number of amides is 1. The van der Waals surface area contributed by atoms with Gasteiger partial charge in [-0.25, -0.2) is 0 Å². The van der Waals surface area contributed by atoms with Gasteiger partial charge in [0.2, 0.25) is 5.91 Å². The Bertz CT molecular complexity index is 416. The monoisotopic (exact) mass is 247 g/mol. The van der Waals surface area contributed by atoms with E-state index in [1.165, 1.54) is 0 Å². The number of nitrogens with zero attached hydrogens (tertiary/aromatic N) is 2. The van der Waals surface area contributed by atoms with Gasteiger partial charge in [0.05, 0.1) is 11.6 Å². The average Bonchev–Trinajstić information content (AvgIpc) is 2.87. The molecule has 4 nitrogen and oxygen atoms in total. The molecule has 2 atom stereocenters. The SMILES string of the molecule is CCC(C)(N)C(=O)N1CCCC1c1cccnc1. The number of rotatable bonds is 3. The van der Waals surface area contributed by atoms with Crippen molar-refractivity contribution in [1.29, 1.82) is 0 Å². The molecule has 4 heteroatoms. The van der Waals surface area contributed by atoms with E-state index in [1.54, 1.807) is 6.20 Å². The van der Waals surface area contributed by atoms with Gasteiger partial charge in [0.25, 0.3) is 0 Å². The Morgan fingerprint density at radius 3 is 3.06 bits per heavy atom. The summed E-state index contributed by atoms with van der Waals surface area (Å²) in [6.45, 7) is 4.56. The van der Waals surface area contributed by atoms with Crippen LogP contribution in [-0.2, 0) is 4.79 Å². The standard InChI is InChI=1S/C14H21N3O/c1-3-14(2,15)13(18)17-9-5-7-12(17)11-6-4-8-16-10-11/h4,6,8,10,12H,3,5,7,9,15H2,1-2H3. The number of hydrogen-bond donors (Lipinski definition) is 1. The zero-order valence-corrected chi connectivity index (χ0v) is 11.1. The predicted octanol–water partition coefficient (Wildman–Crippen LogP) is 1.87. The summed E-state index contributed by atoms with van der Waals surface area (Å²) in [4.78, 5) is 18.5. The molecule has 0 spiro atoms. The summed E-state index contributed by atoms with van der Waals surface area (Å²) >= 11 is 0. The quantitative estimate of drug-likeness (QED) is 0.887. The Balaban J connectivity index is 2.21. The highest BCUT2D eigenvalue weighted by Crippen LogP contribution is 2.33. The Kier molecular flexibility index (Phi) is 3.66. The lowest BCUT2D eigenvalue weighted by atomic mass is 9.97. The number of carbonyl (C=O) groups is 1. The highest BCUT2D eigenvalue weighted by Gasteiger charge is 2.37. The Labute approximate surface area is 108 Å². The first-order valence-corrected chi connectivity index (χ1v) is 6.56. The summed E-state index contributed by atoms with van der Waals surface area (Å²) in [5, 5.41) is 0. The van der Waals surface area contributed by atoms with Gasteiger partial charge in [-0.1, -0.05) is 13.0 Å². The van der Waals surface area contributed by atoms with Crippen LogP contribution in [0.4, 0.5) is 0 Å². The molecule has 1 amide bonds. The topological polar surface area (TPSA) is 59.2 Å². The van der Waals surface area contributed by atoms with Crippen LogP contribution in [0.5, 0.6) is 0 Å². The summed E-state index contributed by atoms with van der Waals surface area (Å²) in [6, 6.07) is 4.08. The van der Waals surface area contributed by atoms with Crippen LogP contribution in [-0.4, -0.2) is 27.9 Å². The van der Waals surface area contributed by atoms with E-state index in [2.05, 4.69) is 4.98 Å². The normalized spacial score (nSPS) is 22.8. The summed E-state index contributed by atoms with van der Waals surface area (Å²) in [5.41, 5.74) is 6.42. The number of aromatic nitrogens is 1. The molecule has 0 aromatic carbocycles. The zero-order valence-electron chi connectivity index (χ0n) is 11.1. The van der Waals surface area contributed by atoms with Crippen molar-refractivity contribution in [2.75, 3.05) is 6.54 Å². The molecule has 0 radical (unpaired) electrons. The first-order chi connectivity index (χ1) is 8.56. The molecule has 1 fully saturated rings. The lowest BCUT2D eigenvalue weighted by Gasteiger charge is -2.32. The summed E-state index contributed by atoms with van der Waals surface area (Å²) < 4.78 is 0. The van der Waals surface area contributed by atoms with Crippen LogP contribution >= 0.6 is 0 Å². The van der Waals surface area contributed by atoms with Crippen molar-refractivity contribution >= 4 is 5.91 Å². The van der Waals surface area contributed by atoms with E-state index in [1.807, 2.05) is 37.1 Å². The van der Waals surface area contributed by atoms with Gasteiger partial charge in [-0.3, -0.25) is 9.78 Å². The minimum Gasteiger partial charge on any atom is -0.334 e. The average molecular weight is 247 g/mol. The molecule has 2 heterocycles. The summed E-state index contributed by atoms with van der Waals surface area (Å²) in [6.07, 6.45) is 6.28. The highest BCUT2D eigenvalue weighted by molar-refractivity contribution is 5.86. The first-order valence-electron chi connectivity index (χ1n) is 6.56. The fourth-order valence-electron chi connectivity index (χ4n) is 2.41. The molecule has 98 valence electrons. The van der Waals surface area contributed by atoms with Gasteiger partial charge in [-0.15, -0.1) is 0 Å². The van der Waals surface area contributed by atoms with E-state index in [0.717, 1.165) is 24.9 Å². The van der Waals surface area contributed by atoms with E-state index in [0.29, 0.717) is 6.42 Å². The minimum atomic E-state index is -0.759. The van der Waals surface area contributed by atoms with Crippen molar-refractivity contribution < 1.29 is 4.79 Å². The van der Waals surface area contributed by atoms with Crippen LogP contribution in [0.2, 0.25) is 0 Å². The molecular weight excluding hydrogens is 226 g/mol. The molecule has 1 aliphatic heterocycles. The number of pyridine rings is 1. The molecule has 2 N–H and O–H groups in total.